The van der Waals surface area contributed by atoms with Crippen molar-refractivity contribution in [2.24, 2.45) is 0 Å². The molecule has 1 saturated carbocycles. The number of halogens is 1. The van der Waals surface area contributed by atoms with Gasteiger partial charge >= 0.3 is 0 Å². The molecule has 0 saturated heterocycles. The number of anilines is 1. The molecular weight excluding hydrogens is 251 g/mol. The van der Waals surface area contributed by atoms with E-state index in [9.17, 15) is 9.18 Å². The van der Waals surface area contributed by atoms with Crippen molar-refractivity contribution in [3.63, 3.8) is 0 Å². The zero-order chi connectivity index (χ0) is 13.0. The Balaban J connectivity index is 1.81. The van der Waals surface area contributed by atoms with Crippen molar-refractivity contribution in [3.05, 3.63) is 24.0 Å². The molecule has 0 aliphatic heterocycles. The Bertz CT molecular complexity index is 433. The number of carbonyl (C=O) groups is 1. The van der Waals surface area contributed by atoms with Crippen molar-refractivity contribution in [2.45, 2.75) is 36.6 Å². The van der Waals surface area contributed by atoms with E-state index in [1.165, 1.54) is 36.7 Å². The summed E-state index contributed by atoms with van der Waals surface area (Å²) >= 11 is 1.34. The molecule has 3 N–H and O–H groups in total. The van der Waals surface area contributed by atoms with Gasteiger partial charge in [0.05, 0.1) is 5.75 Å². The predicted molar refractivity (Wildman–Crippen MR) is 71.9 cm³/mol. The molecule has 0 spiro atoms. The minimum Gasteiger partial charge on any atom is -0.398 e. The van der Waals surface area contributed by atoms with Crippen LogP contribution in [-0.4, -0.2) is 17.7 Å². The average Bonchev–Trinajstić information content (AvgIpc) is 2.80. The monoisotopic (exact) mass is 268 g/mol. The molecule has 1 amide bonds. The lowest BCUT2D eigenvalue weighted by atomic mass is 10.2. The summed E-state index contributed by atoms with van der Waals surface area (Å²) < 4.78 is 12.8. The summed E-state index contributed by atoms with van der Waals surface area (Å²) in [7, 11) is 0. The van der Waals surface area contributed by atoms with Gasteiger partial charge in [-0.15, -0.1) is 11.8 Å². The zero-order valence-electron chi connectivity index (χ0n) is 10.1. The molecule has 0 aromatic heterocycles. The van der Waals surface area contributed by atoms with E-state index in [4.69, 9.17) is 5.73 Å². The number of hydrogen-bond acceptors (Lipinski definition) is 3. The Labute approximate surface area is 110 Å². The summed E-state index contributed by atoms with van der Waals surface area (Å²) in [6.07, 6.45) is 4.55. The third-order valence-corrected chi connectivity index (χ3v) is 4.14. The molecule has 1 aromatic carbocycles. The quantitative estimate of drug-likeness (QED) is 0.652. The Morgan fingerprint density at radius 2 is 2.17 bits per heavy atom. The van der Waals surface area contributed by atoms with E-state index < -0.39 is 0 Å². The molecular formula is C13H17FN2OS. The fourth-order valence-electron chi connectivity index (χ4n) is 2.13. The normalized spacial score (nSPS) is 15.8. The van der Waals surface area contributed by atoms with Crippen LogP contribution in [0, 0.1) is 5.82 Å². The molecule has 0 bridgehead atoms. The number of nitrogens with two attached hydrogens (primary N) is 1. The van der Waals surface area contributed by atoms with Crippen LogP contribution >= 0.6 is 11.8 Å². The number of amides is 1. The van der Waals surface area contributed by atoms with Gasteiger partial charge in [-0.1, -0.05) is 12.8 Å². The molecule has 5 heteroatoms. The van der Waals surface area contributed by atoms with Crippen LogP contribution in [0.2, 0.25) is 0 Å². The highest BCUT2D eigenvalue weighted by Gasteiger charge is 2.17. The Hall–Kier alpha value is -1.23. The summed E-state index contributed by atoms with van der Waals surface area (Å²) in [5.74, 6) is -0.00494. The molecule has 2 rings (SSSR count). The lowest BCUT2D eigenvalue weighted by molar-refractivity contribution is -0.119. The van der Waals surface area contributed by atoms with Crippen LogP contribution in [0.4, 0.5) is 10.1 Å². The lowest BCUT2D eigenvalue weighted by Crippen LogP contribution is -2.33. The molecule has 1 aliphatic rings. The summed E-state index contributed by atoms with van der Waals surface area (Å²) in [6.45, 7) is 0. The number of thioether (sulfide) groups is 1. The zero-order valence-corrected chi connectivity index (χ0v) is 10.9. The second-order valence-corrected chi connectivity index (χ2v) is 5.54. The first-order valence-corrected chi connectivity index (χ1v) is 7.11. The van der Waals surface area contributed by atoms with E-state index >= 15 is 0 Å². The maximum atomic E-state index is 12.8. The molecule has 0 radical (unpaired) electrons. The van der Waals surface area contributed by atoms with Gasteiger partial charge in [0.2, 0.25) is 5.91 Å². The second kappa shape index (κ2) is 6.09. The maximum absolute atomic E-state index is 12.8. The van der Waals surface area contributed by atoms with Gasteiger partial charge in [0.15, 0.2) is 0 Å². The summed E-state index contributed by atoms with van der Waals surface area (Å²) in [6, 6.07) is 4.58. The largest absolute Gasteiger partial charge is 0.398 e. The number of nitrogen functional groups attached to an aromatic ring is 1. The van der Waals surface area contributed by atoms with Crippen molar-refractivity contribution in [2.75, 3.05) is 11.5 Å². The minimum atomic E-state index is -0.354. The topological polar surface area (TPSA) is 55.1 Å². The van der Waals surface area contributed by atoms with Crippen LogP contribution in [0.15, 0.2) is 23.1 Å². The smallest absolute Gasteiger partial charge is 0.230 e. The Morgan fingerprint density at radius 1 is 1.44 bits per heavy atom. The van der Waals surface area contributed by atoms with E-state index in [0.29, 0.717) is 17.5 Å². The highest BCUT2D eigenvalue weighted by molar-refractivity contribution is 8.00. The van der Waals surface area contributed by atoms with Crippen molar-refractivity contribution in [1.82, 2.24) is 5.32 Å². The first-order chi connectivity index (χ1) is 8.65. The predicted octanol–water partition coefficient (Wildman–Crippen LogP) is 2.56. The first kappa shape index (κ1) is 13.2. The number of benzene rings is 1. The molecule has 0 unspecified atom stereocenters. The summed E-state index contributed by atoms with van der Waals surface area (Å²) in [5, 5.41) is 3.01. The molecule has 1 fully saturated rings. The third-order valence-electron chi connectivity index (χ3n) is 3.05. The standard InChI is InChI=1S/C13H17FN2OS/c14-9-5-6-12(11(15)7-9)18-8-13(17)16-10-3-1-2-4-10/h5-7,10H,1-4,8,15H2,(H,16,17). The van der Waals surface area contributed by atoms with Crippen molar-refractivity contribution >= 4 is 23.4 Å². The van der Waals surface area contributed by atoms with Gasteiger partial charge < -0.3 is 11.1 Å². The first-order valence-electron chi connectivity index (χ1n) is 6.12. The molecule has 1 aliphatic carbocycles. The van der Waals surface area contributed by atoms with E-state index in [0.717, 1.165) is 17.7 Å². The van der Waals surface area contributed by atoms with E-state index in [2.05, 4.69) is 5.32 Å². The highest BCUT2D eigenvalue weighted by atomic mass is 32.2. The number of carbonyl (C=O) groups excluding carboxylic acids is 1. The number of hydrogen-bond donors (Lipinski definition) is 2. The van der Waals surface area contributed by atoms with E-state index in [1.54, 1.807) is 6.07 Å². The van der Waals surface area contributed by atoms with Crippen LogP contribution in [0.3, 0.4) is 0 Å². The molecule has 1 aromatic rings. The molecule has 18 heavy (non-hydrogen) atoms. The summed E-state index contributed by atoms with van der Waals surface area (Å²) in [5.41, 5.74) is 6.06. The average molecular weight is 268 g/mol. The van der Waals surface area contributed by atoms with E-state index in [1.807, 2.05) is 0 Å². The van der Waals surface area contributed by atoms with Gasteiger partial charge in [0.25, 0.3) is 0 Å². The third kappa shape index (κ3) is 3.63. The molecule has 0 atom stereocenters. The minimum absolute atomic E-state index is 0.0237. The van der Waals surface area contributed by atoms with Crippen LogP contribution < -0.4 is 11.1 Å². The lowest BCUT2D eigenvalue weighted by Gasteiger charge is -2.12. The van der Waals surface area contributed by atoms with Crippen molar-refractivity contribution in [1.29, 1.82) is 0 Å². The maximum Gasteiger partial charge on any atom is 0.230 e. The van der Waals surface area contributed by atoms with Gasteiger partial charge in [-0.2, -0.15) is 0 Å². The van der Waals surface area contributed by atoms with Gasteiger partial charge in [-0.25, -0.2) is 4.39 Å². The number of nitrogens with one attached hydrogen (secondary N) is 1. The Morgan fingerprint density at radius 3 is 2.83 bits per heavy atom. The van der Waals surface area contributed by atoms with Crippen LogP contribution in [0.1, 0.15) is 25.7 Å². The van der Waals surface area contributed by atoms with E-state index in [-0.39, 0.29) is 11.7 Å². The second-order valence-electron chi connectivity index (χ2n) is 4.52. The van der Waals surface area contributed by atoms with Gasteiger partial charge in [-0.3, -0.25) is 4.79 Å². The Kier molecular flexibility index (Phi) is 4.47. The fraction of sp³-hybridized carbons (Fsp3) is 0.462. The summed E-state index contributed by atoms with van der Waals surface area (Å²) in [4.78, 5) is 12.5. The van der Waals surface area contributed by atoms with Crippen molar-refractivity contribution < 1.29 is 9.18 Å². The van der Waals surface area contributed by atoms with Crippen LogP contribution in [0.25, 0.3) is 0 Å². The van der Waals surface area contributed by atoms with Crippen LogP contribution in [0.5, 0.6) is 0 Å². The molecule has 0 heterocycles. The van der Waals surface area contributed by atoms with Gasteiger partial charge in [-0.05, 0) is 31.0 Å². The number of rotatable bonds is 4. The van der Waals surface area contributed by atoms with Gasteiger partial charge in [0, 0.05) is 16.6 Å². The van der Waals surface area contributed by atoms with Gasteiger partial charge in [0.1, 0.15) is 5.82 Å². The molecule has 3 nitrogen and oxygen atoms in total. The fourth-order valence-corrected chi connectivity index (χ4v) is 2.89. The van der Waals surface area contributed by atoms with Crippen molar-refractivity contribution in [3.8, 4) is 0 Å². The van der Waals surface area contributed by atoms with Crippen LogP contribution in [-0.2, 0) is 4.79 Å². The SMILES string of the molecule is Nc1cc(F)ccc1SCC(=O)NC1CCCC1. The highest BCUT2D eigenvalue weighted by Crippen LogP contribution is 2.25. The molecule has 98 valence electrons.